The van der Waals surface area contributed by atoms with Crippen molar-refractivity contribution in [2.45, 2.75) is 5.33 Å². The van der Waals surface area contributed by atoms with Crippen LogP contribution in [0.1, 0.15) is 5.69 Å². The minimum atomic E-state index is 0.677. The largest absolute Gasteiger partial charge is 0.497 e. The van der Waals surface area contributed by atoms with Gasteiger partial charge in [-0.1, -0.05) is 28.1 Å². The fraction of sp³-hybridized carbons (Fsp3) is 0.182. The van der Waals surface area contributed by atoms with Crippen LogP contribution in [0.15, 0.2) is 35.1 Å². The molecule has 3 nitrogen and oxygen atoms in total. The van der Waals surface area contributed by atoms with Gasteiger partial charge in [0.1, 0.15) is 5.75 Å². The Morgan fingerprint density at radius 3 is 3.07 bits per heavy atom. The number of halogens is 1. The summed E-state index contributed by atoms with van der Waals surface area (Å²) in [6, 6.07) is 7.71. The molecule has 0 saturated heterocycles. The summed E-state index contributed by atoms with van der Waals surface area (Å²) in [5.74, 6) is 1.59. The van der Waals surface area contributed by atoms with Crippen LogP contribution in [0.5, 0.6) is 5.75 Å². The van der Waals surface area contributed by atoms with Crippen LogP contribution < -0.4 is 4.74 Å². The van der Waals surface area contributed by atoms with E-state index in [9.17, 15) is 0 Å². The molecule has 2 aromatic rings. The molecule has 0 aliphatic rings. The van der Waals surface area contributed by atoms with E-state index in [0.717, 1.165) is 22.8 Å². The van der Waals surface area contributed by atoms with Crippen molar-refractivity contribution in [2.24, 2.45) is 0 Å². The maximum Gasteiger partial charge on any atom is 0.181 e. The van der Waals surface area contributed by atoms with Crippen LogP contribution in [-0.4, -0.2) is 12.1 Å². The molecule has 0 amide bonds. The molecule has 0 bridgehead atoms. The van der Waals surface area contributed by atoms with Gasteiger partial charge in [-0.2, -0.15) is 0 Å². The zero-order chi connectivity index (χ0) is 10.7. The smallest absolute Gasteiger partial charge is 0.181 e. The van der Waals surface area contributed by atoms with E-state index in [1.807, 2.05) is 24.3 Å². The summed E-state index contributed by atoms with van der Waals surface area (Å²) >= 11 is 3.37. The van der Waals surface area contributed by atoms with Crippen molar-refractivity contribution in [1.82, 2.24) is 4.98 Å². The molecule has 0 fully saturated rings. The van der Waals surface area contributed by atoms with Gasteiger partial charge in [0, 0.05) is 10.9 Å². The molecule has 4 heteroatoms. The lowest BCUT2D eigenvalue weighted by Crippen LogP contribution is -1.85. The standard InChI is InChI=1S/C11H10BrNO2/c1-14-9-4-2-3-8(5-9)11-10(6-12)13-7-15-11/h2-5,7H,6H2,1H3. The van der Waals surface area contributed by atoms with Gasteiger partial charge in [-0.25, -0.2) is 4.98 Å². The van der Waals surface area contributed by atoms with E-state index in [4.69, 9.17) is 9.15 Å². The molecule has 0 saturated carbocycles. The number of nitrogens with zero attached hydrogens (tertiary/aromatic N) is 1. The third-order valence-corrected chi connectivity index (χ3v) is 2.63. The van der Waals surface area contributed by atoms with E-state index in [0.29, 0.717) is 5.33 Å². The molecule has 1 heterocycles. The predicted molar refractivity (Wildman–Crippen MR) is 61.1 cm³/mol. The summed E-state index contributed by atoms with van der Waals surface area (Å²) in [6.07, 6.45) is 1.45. The van der Waals surface area contributed by atoms with Crippen molar-refractivity contribution in [3.63, 3.8) is 0 Å². The Bertz CT molecular complexity index is 453. The first-order chi connectivity index (χ1) is 7.35. The Labute approximate surface area is 96.2 Å². The molecule has 0 N–H and O–H groups in total. The van der Waals surface area contributed by atoms with Crippen molar-refractivity contribution >= 4 is 15.9 Å². The Balaban J connectivity index is 2.44. The van der Waals surface area contributed by atoms with Gasteiger partial charge in [-0.05, 0) is 12.1 Å². The molecule has 1 aromatic heterocycles. The third-order valence-electron chi connectivity index (χ3n) is 2.10. The van der Waals surface area contributed by atoms with Gasteiger partial charge in [0.25, 0.3) is 0 Å². The molecule has 0 aliphatic heterocycles. The van der Waals surface area contributed by atoms with E-state index in [-0.39, 0.29) is 0 Å². The summed E-state index contributed by atoms with van der Waals surface area (Å²) in [5.41, 5.74) is 1.87. The van der Waals surface area contributed by atoms with Crippen LogP contribution in [0, 0.1) is 0 Å². The monoisotopic (exact) mass is 267 g/mol. The number of alkyl halides is 1. The molecular weight excluding hydrogens is 258 g/mol. The second-order valence-electron chi connectivity index (χ2n) is 2.99. The molecule has 78 valence electrons. The third kappa shape index (κ3) is 2.04. The second-order valence-corrected chi connectivity index (χ2v) is 3.55. The summed E-state index contributed by atoms with van der Waals surface area (Å²) < 4.78 is 10.5. The Kier molecular flexibility index (Phi) is 3.06. The van der Waals surface area contributed by atoms with E-state index < -0.39 is 0 Å². The first-order valence-corrected chi connectivity index (χ1v) is 5.60. The molecular formula is C11H10BrNO2. The molecule has 0 unspecified atom stereocenters. The number of hydrogen-bond donors (Lipinski definition) is 0. The average molecular weight is 268 g/mol. The van der Waals surface area contributed by atoms with Crippen LogP contribution in [0.25, 0.3) is 11.3 Å². The Morgan fingerprint density at radius 2 is 2.33 bits per heavy atom. The van der Waals surface area contributed by atoms with Gasteiger partial charge in [0.15, 0.2) is 12.2 Å². The van der Waals surface area contributed by atoms with Crippen LogP contribution in [0.4, 0.5) is 0 Å². The minimum Gasteiger partial charge on any atom is -0.497 e. The maximum absolute atomic E-state index is 5.34. The molecule has 1 aromatic carbocycles. The number of hydrogen-bond acceptors (Lipinski definition) is 3. The predicted octanol–water partition coefficient (Wildman–Crippen LogP) is 3.25. The zero-order valence-corrected chi connectivity index (χ0v) is 9.82. The van der Waals surface area contributed by atoms with E-state index in [2.05, 4.69) is 20.9 Å². The topological polar surface area (TPSA) is 35.3 Å². The van der Waals surface area contributed by atoms with Crippen molar-refractivity contribution < 1.29 is 9.15 Å². The molecule has 0 spiro atoms. The van der Waals surface area contributed by atoms with Crippen LogP contribution in [0.3, 0.4) is 0 Å². The highest BCUT2D eigenvalue weighted by Crippen LogP contribution is 2.27. The van der Waals surface area contributed by atoms with E-state index >= 15 is 0 Å². The molecule has 0 aliphatic carbocycles. The fourth-order valence-electron chi connectivity index (χ4n) is 1.36. The van der Waals surface area contributed by atoms with Gasteiger partial charge < -0.3 is 9.15 Å². The van der Waals surface area contributed by atoms with Gasteiger partial charge >= 0.3 is 0 Å². The Hall–Kier alpha value is -1.29. The number of benzene rings is 1. The highest BCUT2D eigenvalue weighted by molar-refractivity contribution is 9.08. The van der Waals surface area contributed by atoms with Crippen molar-refractivity contribution in [3.05, 3.63) is 36.4 Å². The van der Waals surface area contributed by atoms with Crippen molar-refractivity contribution in [1.29, 1.82) is 0 Å². The lowest BCUT2D eigenvalue weighted by molar-refractivity contribution is 0.415. The maximum atomic E-state index is 5.34. The Morgan fingerprint density at radius 1 is 1.47 bits per heavy atom. The van der Waals surface area contributed by atoms with Gasteiger partial charge in [-0.3, -0.25) is 0 Å². The van der Waals surface area contributed by atoms with Gasteiger partial charge in [-0.15, -0.1) is 0 Å². The normalized spacial score (nSPS) is 10.3. The first kappa shape index (κ1) is 10.2. The summed E-state index contributed by atoms with van der Waals surface area (Å²) in [7, 11) is 1.64. The highest BCUT2D eigenvalue weighted by atomic mass is 79.9. The number of rotatable bonds is 3. The van der Waals surface area contributed by atoms with E-state index in [1.165, 1.54) is 6.39 Å². The average Bonchev–Trinajstić information content (AvgIpc) is 2.77. The van der Waals surface area contributed by atoms with Crippen LogP contribution >= 0.6 is 15.9 Å². The SMILES string of the molecule is COc1cccc(-c2ocnc2CBr)c1. The molecule has 2 rings (SSSR count). The van der Waals surface area contributed by atoms with Crippen LogP contribution in [-0.2, 0) is 5.33 Å². The zero-order valence-electron chi connectivity index (χ0n) is 8.24. The second kappa shape index (κ2) is 4.49. The number of ether oxygens (including phenoxy) is 1. The highest BCUT2D eigenvalue weighted by Gasteiger charge is 2.09. The first-order valence-electron chi connectivity index (χ1n) is 4.48. The summed E-state index contributed by atoms with van der Waals surface area (Å²) in [6.45, 7) is 0. The van der Waals surface area contributed by atoms with E-state index in [1.54, 1.807) is 7.11 Å². The van der Waals surface area contributed by atoms with Gasteiger partial charge in [0.05, 0.1) is 12.8 Å². The molecule has 0 radical (unpaired) electrons. The van der Waals surface area contributed by atoms with Crippen molar-refractivity contribution in [3.8, 4) is 17.1 Å². The lowest BCUT2D eigenvalue weighted by Gasteiger charge is -2.02. The molecule has 15 heavy (non-hydrogen) atoms. The number of aromatic nitrogens is 1. The van der Waals surface area contributed by atoms with Gasteiger partial charge in [0.2, 0.25) is 0 Å². The summed E-state index contributed by atoms with van der Waals surface area (Å²) in [4.78, 5) is 4.11. The minimum absolute atomic E-state index is 0.677. The molecule has 0 atom stereocenters. The van der Waals surface area contributed by atoms with Crippen LogP contribution in [0.2, 0.25) is 0 Å². The lowest BCUT2D eigenvalue weighted by atomic mass is 10.1. The number of oxazole rings is 1. The van der Waals surface area contributed by atoms with Crippen molar-refractivity contribution in [2.75, 3.05) is 7.11 Å². The summed E-state index contributed by atoms with van der Waals surface area (Å²) in [5, 5.41) is 0.677. The fourth-order valence-corrected chi connectivity index (χ4v) is 1.76. The quantitative estimate of drug-likeness (QED) is 0.801. The number of methoxy groups -OCH3 is 1.